The molecular weight excluding hydrogens is 264 g/mol. The summed E-state index contributed by atoms with van der Waals surface area (Å²) < 4.78 is 0. The van der Waals surface area contributed by atoms with Crippen molar-refractivity contribution in [3.63, 3.8) is 0 Å². The maximum absolute atomic E-state index is 12.1. The van der Waals surface area contributed by atoms with Crippen LogP contribution in [0.2, 0.25) is 0 Å². The predicted octanol–water partition coefficient (Wildman–Crippen LogP) is 2.37. The van der Waals surface area contributed by atoms with Gasteiger partial charge in [-0.2, -0.15) is 0 Å². The van der Waals surface area contributed by atoms with Crippen LogP contribution in [-0.2, 0) is 0 Å². The number of nitrogens with zero attached hydrogens (tertiary/aromatic N) is 3. The molecular formula is C16H22N4O. The maximum atomic E-state index is 12.1. The van der Waals surface area contributed by atoms with Crippen LogP contribution in [0.5, 0.6) is 0 Å². The number of nitrogens with one attached hydrogen (secondary N) is 1. The van der Waals surface area contributed by atoms with Gasteiger partial charge in [0.25, 0.3) is 0 Å². The third-order valence-corrected chi connectivity index (χ3v) is 4.19. The second-order valence-corrected chi connectivity index (χ2v) is 5.62. The average molecular weight is 286 g/mol. The van der Waals surface area contributed by atoms with Gasteiger partial charge in [0, 0.05) is 38.6 Å². The lowest BCUT2D eigenvalue weighted by molar-refractivity contribution is 0.198. The fourth-order valence-corrected chi connectivity index (χ4v) is 2.91. The van der Waals surface area contributed by atoms with Gasteiger partial charge in [0.15, 0.2) is 0 Å². The lowest BCUT2D eigenvalue weighted by atomic mass is 10.2. The molecule has 0 radical (unpaired) electrons. The Labute approximate surface area is 125 Å². The zero-order valence-electron chi connectivity index (χ0n) is 12.3. The highest BCUT2D eigenvalue weighted by Gasteiger charge is 2.21. The molecule has 0 unspecified atom stereocenters. The highest BCUT2D eigenvalue weighted by Crippen LogP contribution is 2.22. The molecule has 1 saturated carbocycles. The quantitative estimate of drug-likeness (QED) is 0.908. The molecule has 1 aromatic rings. The standard InChI is InChI=1S/C16H22N4O/c21-16(18-13-14-5-1-2-6-14)20-11-9-19(10-12-20)15-7-3-4-8-17-15/h3-4,7-8,13H,1-2,5-6,9-12H2,(H,18,21). The van der Waals surface area contributed by atoms with Crippen LogP contribution in [-0.4, -0.2) is 42.1 Å². The molecule has 1 aromatic heterocycles. The molecule has 112 valence electrons. The van der Waals surface area contributed by atoms with Crippen LogP contribution in [0.3, 0.4) is 0 Å². The van der Waals surface area contributed by atoms with Crippen LogP contribution in [0.1, 0.15) is 25.7 Å². The first-order valence-electron chi connectivity index (χ1n) is 7.72. The zero-order chi connectivity index (χ0) is 14.5. The van der Waals surface area contributed by atoms with Crippen LogP contribution in [0.4, 0.5) is 10.6 Å². The molecule has 0 spiro atoms. The molecule has 1 aliphatic carbocycles. The summed E-state index contributed by atoms with van der Waals surface area (Å²) in [5.41, 5.74) is 1.37. The van der Waals surface area contributed by atoms with E-state index in [4.69, 9.17) is 0 Å². The molecule has 2 heterocycles. The Morgan fingerprint density at radius 3 is 2.57 bits per heavy atom. The van der Waals surface area contributed by atoms with Gasteiger partial charge in [0.05, 0.1) is 0 Å². The minimum absolute atomic E-state index is 0.0232. The van der Waals surface area contributed by atoms with Gasteiger partial charge in [-0.1, -0.05) is 11.6 Å². The normalized spacial score (nSPS) is 18.8. The highest BCUT2D eigenvalue weighted by atomic mass is 16.2. The van der Waals surface area contributed by atoms with E-state index in [1.165, 1.54) is 18.4 Å². The van der Waals surface area contributed by atoms with Gasteiger partial charge in [-0.15, -0.1) is 0 Å². The number of allylic oxidation sites excluding steroid dienone is 1. The number of piperazine rings is 1. The number of rotatable bonds is 2. The number of carbonyl (C=O) groups excluding carboxylic acids is 1. The van der Waals surface area contributed by atoms with E-state index in [2.05, 4.69) is 15.2 Å². The van der Waals surface area contributed by atoms with Crippen molar-refractivity contribution >= 4 is 11.8 Å². The number of carbonyl (C=O) groups is 1. The maximum Gasteiger partial charge on any atom is 0.321 e. The van der Waals surface area contributed by atoms with Gasteiger partial charge in [-0.3, -0.25) is 0 Å². The van der Waals surface area contributed by atoms with Gasteiger partial charge in [0.1, 0.15) is 5.82 Å². The van der Waals surface area contributed by atoms with Crippen molar-refractivity contribution in [3.8, 4) is 0 Å². The lowest BCUT2D eigenvalue weighted by Gasteiger charge is -2.35. The van der Waals surface area contributed by atoms with Gasteiger partial charge in [-0.25, -0.2) is 9.78 Å². The van der Waals surface area contributed by atoms with E-state index >= 15 is 0 Å². The largest absolute Gasteiger partial charge is 0.353 e. The van der Waals surface area contributed by atoms with Crippen LogP contribution >= 0.6 is 0 Å². The number of urea groups is 1. The summed E-state index contributed by atoms with van der Waals surface area (Å²) in [5, 5.41) is 2.94. The molecule has 1 N–H and O–H groups in total. The number of hydrogen-bond donors (Lipinski definition) is 1. The molecule has 5 heteroatoms. The summed E-state index contributed by atoms with van der Waals surface area (Å²) in [6, 6.07) is 5.95. The Morgan fingerprint density at radius 2 is 1.90 bits per heavy atom. The summed E-state index contributed by atoms with van der Waals surface area (Å²) >= 11 is 0. The van der Waals surface area contributed by atoms with Crippen molar-refractivity contribution in [2.45, 2.75) is 25.7 Å². The molecule has 3 rings (SSSR count). The minimum Gasteiger partial charge on any atom is -0.353 e. The van der Waals surface area contributed by atoms with Crippen LogP contribution in [0.15, 0.2) is 36.2 Å². The van der Waals surface area contributed by atoms with Gasteiger partial charge >= 0.3 is 6.03 Å². The average Bonchev–Trinajstić information content (AvgIpc) is 3.07. The molecule has 2 aliphatic rings. The molecule has 5 nitrogen and oxygen atoms in total. The van der Waals surface area contributed by atoms with Crippen molar-refractivity contribution in [1.82, 2.24) is 15.2 Å². The van der Waals surface area contributed by atoms with E-state index in [-0.39, 0.29) is 6.03 Å². The second kappa shape index (κ2) is 6.61. The molecule has 21 heavy (non-hydrogen) atoms. The molecule has 0 atom stereocenters. The summed E-state index contributed by atoms with van der Waals surface area (Å²) in [4.78, 5) is 20.6. The summed E-state index contributed by atoms with van der Waals surface area (Å²) in [6.45, 7) is 3.15. The van der Waals surface area contributed by atoms with Crippen LogP contribution in [0.25, 0.3) is 0 Å². The van der Waals surface area contributed by atoms with Crippen molar-refractivity contribution in [2.75, 3.05) is 31.1 Å². The smallest absolute Gasteiger partial charge is 0.321 e. The summed E-state index contributed by atoms with van der Waals surface area (Å²) in [6.07, 6.45) is 8.50. The van der Waals surface area contributed by atoms with Gasteiger partial charge in [-0.05, 0) is 37.8 Å². The molecule has 1 aliphatic heterocycles. The van der Waals surface area contributed by atoms with Crippen molar-refractivity contribution < 1.29 is 4.79 Å². The second-order valence-electron chi connectivity index (χ2n) is 5.62. The van der Waals surface area contributed by atoms with Crippen LogP contribution < -0.4 is 10.2 Å². The van der Waals surface area contributed by atoms with Crippen molar-refractivity contribution in [3.05, 3.63) is 36.2 Å². The Morgan fingerprint density at radius 1 is 1.14 bits per heavy atom. The number of aromatic nitrogens is 1. The number of hydrogen-bond acceptors (Lipinski definition) is 3. The van der Waals surface area contributed by atoms with E-state index in [1.54, 1.807) is 0 Å². The molecule has 1 saturated heterocycles. The first kappa shape index (κ1) is 13.9. The molecule has 2 fully saturated rings. The van der Waals surface area contributed by atoms with E-state index < -0.39 is 0 Å². The Balaban J connectivity index is 1.49. The fourth-order valence-electron chi connectivity index (χ4n) is 2.91. The van der Waals surface area contributed by atoms with E-state index in [0.29, 0.717) is 0 Å². The Kier molecular flexibility index (Phi) is 4.38. The first-order valence-corrected chi connectivity index (χ1v) is 7.72. The lowest BCUT2D eigenvalue weighted by Crippen LogP contribution is -2.51. The number of anilines is 1. The van der Waals surface area contributed by atoms with E-state index in [1.807, 2.05) is 35.5 Å². The summed E-state index contributed by atoms with van der Waals surface area (Å²) in [5.74, 6) is 0.991. The zero-order valence-corrected chi connectivity index (χ0v) is 12.3. The Bertz CT molecular complexity index is 498. The van der Waals surface area contributed by atoms with E-state index in [9.17, 15) is 4.79 Å². The van der Waals surface area contributed by atoms with Crippen molar-refractivity contribution in [2.24, 2.45) is 0 Å². The predicted molar refractivity (Wildman–Crippen MR) is 83.1 cm³/mol. The number of amides is 2. The number of pyridine rings is 1. The summed E-state index contributed by atoms with van der Waals surface area (Å²) in [7, 11) is 0. The highest BCUT2D eigenvalue weighted by molar-refractivity contribution is 5.75. The van der Waals surface area contributed by atoms with Crippen LogP contribution in [0, 0.1) is 0 Å². The Hall–Kier alpha value is -2.04. The van der Waals surface area contributed by atoms with Gasteiger partial charge in [0.2, 0.25) is 0 Å². The SMILES string of the molecule is O=C(NC=C1CCCC1)N1CCN(c2ccccn2)CC1. The van der Waals surface area contributed by atoms with Crippen molar-refractivity contribution in [1.29, 1.82) is 0 Å². The minimum atomic E-state index is 0.0232. The third kappa shape index (κ3) is 3.54. The monoisotopic (exact) mass is 286 g/mol. The molecule has 0 aromatic carbocycles. The topological polar surface area (TPSA) is 48.5 Å². The fraction of sp³-hybridized carbons (Fsp3) is 0.500. The first-order chi connectivity index (χ1) is 10.3. The third-order valence-electron chi connectivity index (χ3n) is 4.19. The van der Waals surface area contributed by atoms with E-state index in [0.717, 1.165) is 44.8 Å². The molecule has 2 amide bonds. The van der Waals surface area contributed by atoms with Gasteiger partial charge < -0.3 is 15.1 Å². The molecule has 0 bridgehead atoms.